The first-order valence-corrected chi connectivity index (χ1v) is 12.9. The van der Waals surface area contributed by atoms with E-state index in [0.717, 1.165) is 11.1 Å². The highest BCUT2D eigenvalue weighted by Crippen LogP contribution is 2.30. The Morgan fingerprint density at radius 1 is 1.06 bits per heavy atom. The molecule has 1 heterocycles. The van der Waals surface area contributed by atoms with Crippen molar-refractivity contribution in [2.45, 2.75) is 38.5 Å². The number of carbonyl (C=O) groups is 1. The molecule has 0 unspecified atom stereocenters. The van der Waals surface area contributed by atoms with Crippen molar-refractivity contribution in [2.24, 2.45) is 5.92 Å². The molecule has 4 rings (SSSR count). The first-order chi connectivity index (χ1) is 16.7. The molecule has 1 aliphatic carbocycles. The van der Waals surface area contributed by atoms with E-state index in [1.165, 1.54) is 51.0 Å². The van der Waals surface area contributed by atoms with E-state index in [2.05, 4.69) is 4.98 Å². The van der Waals surface area contributed by atoms with Crippen LogP contribution in [0.15, 0.2) is 60.8 Å². The second-order valence-electron chi connectivity index (χ2n) is 8.83. The fraction of sp³-hybridized carbons (Fsp3) is 0.308. The summed E-state index contributed by atoms with van der Waals surface area (Å²) in [6.07, 6.45) is 4.04. The Kier molecular flexibility index (Phi) is 7.35. The van der Waals surface area contributed by atoms with Crippen molar-refractivity contribution in [2.75, 3.05) is 6.61 Å². The molecule has 1 amide bonds. The maximum Gasteiger partial charge on any atom is 0.264 e. The van der Waals surface area contributed by atoms with Crippen LogP contribution in [0.1, 0.15) is 42.6 Å². The van der Waals surface area contributed by atoms with Crippen molar-refractivity contribution in [1.82, 2.24) is 9.71 Å². The lowest BCUT2D eigenvalue weighted by Crippen LogP contribution is -2.35. The summed E-state index contributed by atoms with van der Waals surface area (Å²) < 4.78 is 51.5. The highest BCUT2D eigenvalue weighted by atomic mass is 32.2. The predicted molar refractivity (Wildman–Crippen MR) is 130 cm³/mol. The number of hydrogen-bond acceptors (Lipinski definition) is 6. The molecule has 1 fully saturated rings. The number of benzene rings is 2. The molecular formula is C26H27FN2O5S. The molecule has 0 bridgehead atoms. The lowest BCUT2D eigenvalue weighted by Gasteiger charge is -2.11. The number of hydrogen-bond donors (Lipinski definition) is 1. The molecule has 2 aromatic carbocycles. The van der Waals surface area contributed by atoms with Gasteiger partial charge in [-0.3, -0.25) is 4.79 Å². The number of ether oxygens (including phenoxy) is 2. The van der Waals surface area contributed by atoms with E-state index in [1.54, 1.807) is 30.5 Å². The van der Waals surface area contributed by atoms with E-state index in [0.29, 0.717) is 29.7 Å². The van der Waals surface area contributed by atoms with Crippen LogP contribution in [-0.4, -0.2) is 31.2 Å². The Balaban J connectivity index is 1.38. The van der Waals surface area contributed by atoms with Crippen LogP contribution in [0.5, 0.6) is 11.6 Å². The third-order valence-corrected chi connectivity index (χ3v) is 7.29. The van der Waals surface area contributed by atoms with Gasteiger partial charge in [-0.25, -0.2) is 22.5 Å². The average Bonchev–Trinajstić information content (AvgIpc) is 3.66. The van der Waals surface area contributed by atoms with E-state index >= 15 is 0 Å². The highest BCUT2D eigenvalue weighted by molar-refractivity contribution is 7.90. The lowest BCUT2D eigenvalue weighted by molar-refractivity contribution is 0.0981. The maximum absolute atomic E-state index is 14.3. The fourth-order valence-electron chi connectivity index (χ4n) is 3.16. The molecule has 1 saturated carbocycles. The second-order valence-corrected chi connectivity index (χ2v) is 11.1. The number of sulfonamides is 1. The van der Waals surface area contributed by atoms with Crippen LogP contribution in [0.3, 0.4) is 0 Å². The largest absolute Gasteiger partial charge is 0.489 e. The first-order valence-electron chi connectivity index (χ1n) is 11.4. The van der Waals surface area contributed by atoms with Gasteiger partial charge in [0.15, 0.2) is 0 Å². The van der Waals surface area contributed by atoms with Gasteiger partial charge in [-0.1, -0.05) is 12.1 Å². The van der Waals surface area contributed by atoms with Gasteiger partial charge < -0.3 is 9.47 Å². The topological polar surface area (TPSA) is 94.6 Å². The Hall–Kier alpha value is -3.46. The number of nitrogens with zero attached hydrogens (tertiary/aromatic N) is 1. The molecule has 0 aliphatic heterocycles. The SMILES string of the molecule is CC(C)S(=O)(=O)NC(=O)c1ccc(COc2cc(F)cc(-c3ccc(OCC4CC4)nc3)c2)cc1. The summed E-state index contributed by atoms with van der Waals surface area (Å²) in [7, 11) is -3.71. The summed E-state index contributed by atoms with van der Waals surface area (Å²) >= 11 is 0. The van der Waals surface area contributed by atoms with Crippen LogP contribution in [0, 0.1) is 11.7 Å². The number of carbonyl (C=O) groups excluding carboxylic acids is 1. The van der Waals surface area contributed by atoms with Crippen molar-refractivity contribution in [3.05, 3.63) is 77.7 Å². The van der Waals surface area contributed by atoms with Gasteiger partial charge in [-0.05, 0) is 74.1 Å². The van der Waals surface area contributed by atoms with Crippen LogP contribution in [-0.2, 0) is 16.6 Å². The van der Waals surface area contributed by atoms with Crippen LogP contribution < -0.4 is 14.2 Å². The summed E-state index contributed by atoms with van der Waals surface area (Å²) in [6, 6.07) is 14.4. The highest BCUT2D eigenvalue weighted by Gasteiger charge is 2.22. The van der Waals surface area contributed by atoms with Gasteiger partial charge in [0.1, 0.15) is 18.2 Å². The first kappa shape index (κ1) is 24.7. The average molecular weight is 499 g/mol. The van der Waals surface area contributed by atoms with Gasteiger partial charge in [-0.2, -0.15) is 0 Å². The Morgan fingerprint density at radius 3 is 2.43 bits per heavy atom. The molecule has 1 N–H and O–H groups in total. The number of halogens is 1. The molecule has 0 saturated heterocycles. The van der Waals surface area contributed by atoms with Crippen LogP contribution in [0.4, 0.5) is 4.39 Å². The maximum atomic E-state index is 14.3. The van der Waals surface area contributed by atoms with E-state index < -0.39 is 27.0 Å². The van der Waals surface area contributed by atoms with Crippen molar-refractivity contribution in [3.8, 4) is 22.8 Å². The number of aromatic nitrogens is 1. The monoisotopic (exact) mass is 498 g/mol. The molecule has 184 valence electrons. The second kappa shape index (κ2) is 10.4. The summed E-state index contributed by atoms with van der Waals surface area (Å²) in [5.74, 6) is 0.392. The minimum atomic E-state index is -3.71. The van der Waals surface area contributed by atoms with Crippen LogP contribution in [0.25, 0.3) is 11.1 Å². The number of pyridine rings is 1. The fourth-order valence-corrected chi connectivity index (χ4v) is 3.77. The zero-order valence-electron chi connectivity index (χ0n) is 19.5. The molecule has 3 aromatic rings. The predicted octanol–water partition coefficient (Wildman–Crippen LogP) is 4.72. The third kappa shape index (κ3) is 6.79. The normalized spacial score (nSPS) is 13.5. The van der Waals surface area contributed by atoms with Gasteiger partial charge in [0.05, 0.1) is 11.9 Å². The lowest BCUT2D eigenvalue weighted by atomic mass is 10.1. The Morgan fingerprint density at radius 2 is 1.80 bits per heavy atom. The van der Waals surface area contributed by atoms with Gasteiger partial charge >= 0.3 is 0 Å². The van der Waals surface area contributed by atoms with Crippen molar-refractivity contribution < 1.29 is 27.1 Å². The molecule has 0 atom stereocenters. The molecule has 1 aromatic heterocycles. The minimum absolute atomic E-state index is 0.140. The summed E-state index contributed by atoms with van der Waals surface area (Å²) in [4.78, 5) is 16.5. The van der Waals surface area contributed by atoms with Gasteiger partial charge in [-0.15, -0.1) is 0 Å². The smallest absolute Gasteiger partial charge is 0.264 e. The van der Waals surface area contributed by atoms with E-state index in [1.807, 2.05) is 10.8 Å². The number of amides is 1. The molecule has 9 heteroatoms. The molecule has 7 nitrogen and oxygen atoms in total. The van der Waals surface area contributed by atoms with Crippen LogP contribution in [0.2, 0.25) is 0 Å². The molecule has 1 aliphatic rings. The van der Waals surface area contributed by atoms with Crippen molar-refractivity contribution in [1.29, 1.82) is 0 Å². The van der Waals surface area contributed by atoms with Crippen molar-refractivity contribution >= 4 is 15.9 Å². The summed E-state index contributed by atoms with van der Waals surface area (Å²) in [5, 5.41) is -0.718. The van der Waals surface area contributed by atoms with Gasteiger partial charge in [0.25, 0.3) is 5.91 Å². The third-order valence-electron chi connectivity index (χ3n) is 5.58. The van der Waals surface area contributed by atoms with E-state index in [4.69, 9.17) is 9.47 Å². The number of nitrogens with one attached hydrogen (secondary N) is 1. The zero-order valence-corrected chi connectivity index (χ0v) is 20.3. The van der Waals surface area contributed by atoms with Crippen molar-refractivity contribution in [3.63, 3.8) is 0 Å². The summed E-state index contributed by atoms with van der Waals surface area (Å²) in [5.41, 5.74) is 2.31. The Labute approximate surface area is 204 Å². The molecular weight excluding hydrogens is 471 g/mol. The zero-order chi connectivity index (χ0) is 25.0. The van der Waals surface area contributed by atoms with Crippen LogP contribution >= 0.6 is 0 Å². The van der Waals surface area contributed by atoms with E-state index in [-0.39, 0.29) is 12.2 Å². The van der Waals surface area contributed by atoms with Gasteiger partial charge in [0, 0.05) is 29.5 Å². The molecule has 0 radical (unpaired) electrons. The molecule has 0 spiro atoms. The quantitative estimate of drug-likeness (QED) is 0.435. The van der Waals surface area contributed by atoms with Gasteiger partial charge in [0.2, 0.25) is 15.9 Å². The standard InChI is InChI=1S/C26H27FN2O5S/c1-17(2)35(31,32)29-26(30)20-7-5-19(6-8-20)15-33-24-12-22(11-23(27)13-24)21-9-10-25(28-14-21)34-16-18-3-4-18/h5-14,17-18H,3-4,15-16H2,1-2H3,(H,29,30). The number of rotatable bonds is 10. The minimum Gasteiger partial charge on any atom is -0.489 e. The molecule has 35 heavy (non-hydrogen) atoms. The van der Waals surface area contributed by atoms with E-state index in [9.17, 15) is 17.6 Å². The Bertz CT molecular complexity index is 1290. The summed E-state index contributed by atoms with van der Waals surface area (Å²) in [6.45, 7) is 3.79.